The largest absolute Gasteiger partial charge is 0.352 e. The van der Waals surface area contributed by atoms with Gasteiger partial charge in [0.2, 0.25) is 0 Å². The van der Waals surface area contributed by atoms with Gasteiger partial charge in [-0.05, 0) is 98.3 Å². The van der Waals surface area contributed by atoms with Gasteiger partial charge in [0.1, 0.15) is 11.6 Å². The minimum atomic E-state index is -0.266. The fourth-order valence-electron chi connectivity index (χ4n) is 4.22. The van der Waals surface area contributed by atoms with Crippen LogP contribution in [-0.4, -0.2) is 25.2 Å². The number of hydrogen-bond acceptors (Lipinski definition) is 2. The molecule has 0 bridgehead atoms. The first-order valence-electron chi connectivity index (χ1n) is 9.49. The van der Waals surface area contributed by atoms with Crippen LogP contribution in [0.1, 0.15) is 29.9 Å². The molecule has 2 aromatic carbocycles. The van der Waals surface area contributed by atoms with Crippen LogP contribution in [0.4, 0.5) is 8.78 Å². The van der Waals surface area contributed by atoms with Gasteiger partial charge in [0, 0.05) is 12.1 Å². The van der Waals surface area contributed by atoms with E-state index in [0.717, 1.165) is 48.3 Å². The molecule has 1 saturated carbocycles. The number of benzene rings is 2. The van der Waals surface area contributed by atoms with Crippen LogP contribution >= 0.6 is 0 Å². The zero-order valence-electron chi connectivity index (χ0n) is 15.7. The number of hydrogen-bond donors (Lipinski definition) is 3. The second-order valence-electron chi connectivity index (χ2n) is 7.61. The van der Waals surface area contributed by atoms with Gasteiger partial charge in [-0.15, -0.1) is 0 Å². The Kier molecular flexibility index (Phi) is 4.98. The molecule has 4 rings (SSSR count). The molecular weight excluding hydrogens is 344 g/mol. The van der Waals surface area contributed by atoms with E-state index in [0.29, 0.717) is 17.4 Å². The molecule has 0 saturated heterocycles. The van der Waals surface area contributed by atoms with Gasteiger partial charge in [0.15, 0.2) is 0 Å². The van der Waals surface area contributed by atoms with E-state index in [1.807, 2.05) is 14.0 Å². The Hall–Kier alpha value is -2.24. The third kappa shape index (κ3) is 3.49. The van der Waals surface area contributed by atoms with E-state index in [2.05, 4.69) is 21.7 Å². The van der Waals surface area contributed by atoms with Crippen LogP contribution in [0, 0.1) is 24.5 Å². The zero-order chi connectivity index (χ0) is 19.0. The van der Waals surface area contributed by atoms with Gasteiger partial charge in [0.05, 0.1) is 11.2 Å². The normalized spacial score (nSPS) is 19.4. The minimum absolute atomic E-state index is 0.230. The number of aromatic amines is 1. The van der Waals surface area contributed by atoms with Crippen LogP contribution in [0.2, 0.25) is 0 Å². The number of aryl methyl sites for hydroxylation is 1. The van der Waals surface area contributed by atoms with Crippen LogP contribution < -0.4 is 10.6 Å². The van der Waals surface area contributed by atoms with Gasteiger partial charge in [-0.25, -0.2) is 8.78 Å². The smallest absolute Gasteiger partial charge is 0.147 e. The van der Waals surface area contributed by atoms with E-state index in [4.69, 9.17) is 0 Å². The Morgan fingerprint density at radius 2 is 1.85 bits per heavy atom. The van der Waals surface area contributed by atoms with Crippen molar-refractivity contribution in [1.82, 2.24) is 15.6 Å². The lowest BCUT2D eigenvalue weighted by atomic mass is 9.70. The number of aromatic nitrogens is 1. The van der Waals surface area contributed by atoms with Gasteiger partial charge >= 0.3 is 0 Å². The van der Waals surface area contributed by atoms with Gasteiger partial charge in [-0.2, -0.15) is 0 Å². The summed E-state index contributed by atoms with van der Waals surface area (Å²) in [6, 6.07) is 10.1. The molecule has 0 radical (unpaired) electrons. The second-order valence-corrected chi connectivity index (χ2v) is 7.61. The lowest BCUT2D eigenvalue weighted by Gasteiger charge is -2.36. The minimum Gasteiger partial charge on any atom is -0.352 e. The quantitative estimate of drug-likeness (QED) is 0.436. The maximum absolute atomic E-state index is 14.6. The molecule has 0 amide bonds. The molecule has 3 aromatic rings. The molecule has 1 fully saturated rings. The van der Waals surface area contributed by atoms with Crippen molar-refractivity contribution in [2.75, 3.05) is 20.3 Å². The van der Waals surface area contributed by atoms with Crippen molar-refractivity contribution in [3.05, 3.63) is 59.2 Å². The molecule has 1 aromatic heterocycles. The highest BCUT2D eigenvalue weighted by Gasteiger charge is 2.34. The average Bonchev–Trinajstić information content (AvgIpc) is 2.97. The maximum atomic E-state index is 14.6. The lowest BCUT2D eigenvalue weighted by molar-refractivity contribution is 0.255. The van der Waals surface area contributed by atoms with Crippen LogP contribution in [0.5, 0.6) is 0 Å². The molecule has 1 aliphatic carbocycles. The highest BCUT2D eigenvalue weighted by molar-refractivity contribution is 5.92. The number of nitrogens with one attached hydrogen (secondary N) is 3. The molecule has 142 valence electrons. The zero-order valence-corrected chi connectivity index (χ0v) is 15.7. The first kappa shape index (κ1) is 18.1. The molecule has 1 aliphatic rings. The molecular formula is C22H25F2N3. The Morgan fingerprint density at radius 1 is 1.11 bits per heavy atom. The summed E-state index contributed by atoms with van der Waals surface area (Å²) in [7, 11) is 1.92. The summed E-state index contributed by atoms with van der Waals surface area (Å²) >= 11 is 0. The predicted molar refractivity (Wildman–Crippen MR) is 106 cm³/mol. The summed E-state index contributed by atoms with van der Waals surface area (Å²) < 4.78 is 28.0. The molecule has 1 heterocycles. The number of H-pyrrole nitrogens is 1. The monoisotopic (exact) mass is 369 g/mol. The summed E-state index contributed by atoms with van der Waals surface area (Å²) in [5.74, 6) is 0.523. The molecule has 0 unspecified atom stereocenters. The summed E-state index contributed by atoms with van der Waals surface area (Å²) in [4.78, 5) is 3.29. The van der Waals surface area contributed by atoms with Crippen molar-refractivity contribution in [3.8, 4) is 11.3 Å². The summed E-state index contributed by atoms with van der Waals surface area (Å²) in [6.45, 7) is 3.71. The molecule has 0 aliphatic heterocycles. The van der Waals surface area contributed by atoms with Crippen LogP contribution in [-0.2, 0) is 0 Å². The first-order valence-corrected chi connectivity index (χ1v) is 9.49. The van der Waals surface area contributed by atoms with Crippen LogP contribution in [0.25, 0.3) is 22.2 Å². The molecule has 0 spiro atoms. The highest BCUT2D eigenvalue weighted by Crippen LogP contribution is 2.48. The number of halogens is 2. The Morgan fingerprint density at radius 3 is 2.56 bits per heavy atom. The third-order valence-electron chi connectivity index (χ3n) is 5.56. The van der Waals surface area contributed by atoms with Crippen LogP contribution in [0.3, 0.4) is 0 Å². The van der Waals surface area contributed by atoms with Crippen molar-refractivity contribution >= 4 is 10.9 Å². The fourth-order valence-corrected chi connectivity index (χ4v) is 4.22. The Labute approximate surface area is 158 Å². The Bertz CT molecular complexity index is 940. The van der Waals surface area contributed by atoms with Crippen LogP contribution in [0.15, 0.2) is 36.4 Å². The first-order chi connectivity index (χ1) is 13.1. The molecule has 3 N–H and O–H groups in total. The fraction of sp³-hybridized carbons (Fsp3) is 0.364. The van der Waals surface area contributed by atoms with Gasteiger partial charge < -0.3 is 15.6 Å². The Balaban J connectivity index is 1.71. The van der Waals surface area contributed by atoms with Crippen molar-refractivity contribution < 1.29 is 8.78 Å². The van der Waals surface area contributed by atoms with E-state index in [-0.39, 0.29) is 11.6 Å². The van der Waals surface area contributed by atoms with Crippen molar-refractivity contribution in [1.29, 1.82) is 0 Å². The average molecular weight is 369 g/mol. The lowest BCUT2D eigenvalue weighted by Crippen LogP contribution is -2.35. The highest BCUT2D eigenvalue weighted by atomic mass is 19.1. The van der Waals surface area contributed by atoms with Gasteiger partial charge in [0.25, 0.3) is 0 Å². The second kappa shape index (κ2) is 7.41. The predicted octanol–water partition coefficient (Wildman–Crippen LogP) is 4.68. The third-order valence-corrected chi connectivity index (χ3v) is 5.56. The van der Waals surface area contributed by atoms with Gasteiger partial charge in [-0.1, -0.05) is 0 Å². The van der Waals surface area contributed by atoms with E-state index >= 15 is 0 Å². The maximum Gasteiger partial charge on any atom is 0.147 e. The SMILES string of the molecule is CNCNCC1CC(c2c(-c3ccc(F)cc3)[nH]c3c(F)cc(C)cc23)C1. The summed E-state index contributed by atoms with van der Waals surface area (Å²) in [5, 5.41) is 7.44. The van der Waals surface area contributed by atoms with Crippen molar-refractivity contribution in [2.24, 2.45) is 5.92 Å². The molecule has 3 nitrogen and oxygen atoms in total. The summed E-state index contributed by atoms with van der Waals surface area (Å²) in [6.07, 6.45) is 2.15. The number of rotatable bonds is 6. The molecule has 27 heavy (non-hydrogen) atoms. The molecule has 0 atom stereocenters. The van der Waals surface area contributed by atoms with Crippen molar-refractivity contribution in [3.63, 3.8) is 0 Å². The molecule has 5 heteroatoms. The van der Waals surface area contributed by atoms with Crippen molar-refractivity contribution in [2.45, 2.75) is 25.7 Å². The van der Waals surface area contributed by atoms with E-state index in [1.165, 1.54) is 17.7 Å². The standard InChI is InChI=1S/C22H25F2N3/c1-13-7-18-20(16-9-14(10-16)11-26-12-25-2)21(27-22(18)19(24)8-13)15-3-5-17(23)6-4-15/h3-8,14,16,25-27H,9-12H2,1-2H3. The van der Waals surface area contributed by atoms with E-state index in [9.17, 15) is 8.78 Å². The van der Waals surface area contributed by atoms with Gasteiger partial charge in [-0.3, -0.25) is 0 Å². The topological polar surface area (TPSA) is 39.8 Å². The van der Waals surface area contributed by atoms with E-state index in [1.54, 1.807) is 18.2 Å². The van der Waals surface area contributed by atoms with E-state index < -0.39 is 0 Å². The number of fused-ring (bicyclic) bond motifs is 1. The summed E-state index contributed by atoms with van der Waals surface area (Å²) in [5.41, 5.74) is 4.45.